The van der Waals surface area contributed by atoms with E-state index >= 15 is 0 Å². The van der Waals surface area contributed by atoms with E-state index < -0.39 is 0 Å². The minimum atomic E-state index is 0.124. The summed E-state index contributed by atoms with van der Waals surface area (Å²) in [6.45, 7) is 2.42. The molecule has 1 aromatic carbocycles. The van der Waals surface area contributed by atoms with Crippen molar-refractivity contribution in [2.45, 2.75) is 51.1 Å². The number of ether oxygens (including phenoxy) is 2. The van der Waals surface area contributed by atoms with E-state index in [0.717, 1.165) is 29.5 Å². The Morgan fingerprint density at radius 2 is 1.96 bits per heavy atom. The van der Waals surface area contributed by atoms with Gasteiger partial charge in [-0.1, -0.05) is 18.9 Å². The van der Waals surface area contributed by atoms with Gasteiger partial charge in [0.05, 0.1) is 6.54 Å². The van der Waals surface area contributed by atoms with Crippen LogP contribution in [0.1, 0.15) is 44.1 Å². The maximum absolute atomic E-state index is 12.4. The third-order valence-corrected chi connectivity index (χ3v) is 5.63. The first-order valence-electron chi connectivity index (χ1n) is 9.19. The van der Waals surface area contributed by atoms with Crippen LogP contribution in [0.25, 0.3) is 0 Å². The van der Waals surface area contributed by atoms with Crippen LogP contribution in [-0.2, 0) is 11.3 Å². The Labute approximate surface area is 143 Å². The Balaban J connectivity index is 1.30. The molecule has 0 unspecified atom stereocenters. The van der Waals surface area contributed by atoms with Crippen molar-refractivity contribution in [3.05, 3.63) is 23.8 Å². The second kappa shape index (κ2) is 7.01. The number of fused-ring (bicyclic) bond motifs is 2. The van der Waals surface area contributed by atoms with Crippen LogP contribution in [0, 0.1) is 5.92 Å². The molecule has 24 heavy (non-hydrogen) atoms. The van der Waals surface area contributed by atoms with Crippen LogP contribution in [0.2, 0.25) is 0 Å². The number of carbonyl (C=O) groups excluding carboxylic acids is 1. The summed E-state index contributed by atoms with van der Waals surface area (Å²) >= 11 is 0. The van der Waals surface area contributed by atoms with Crippen LogP contribution >= 0.6 is 0 Å². The summed E-state index contributed by atoms with van der Waals surface area (Å²) in [5.41, 5.74) is 1.04. The minimum absolute atomic E-state index is 0.124. The zero-order valence-electron chi connectivity index (χ0n) is 14.1. The highest BCUT2D eigenvalue weighted by atomic mass is 16.7. The number of nitrogens with one attached hydrogen (secondary N) is 1. The topological polar surface area (TPSA) is 50.8 Å². The van der Waals surface area contributed by atoms with Crippen molar-refractivity contribution >= 4 is 5.91 Å². The minimum Gasteiger partial charge on any atom is -0.454 e. The van der Waals surface area contributed by atoms with Crippen LogP contribution in [-0.4, -0.2) is 36.7 Å². The molecule has 4 rings (SSSR count). The molecular weight excluding hydrogens is 304 g/mol. The van der Waals surface area contributed by atoms with E-state index in [1.54, 1.807) is 0 Å². The van der Waals surface area contributed by atoms with Gasteiger partial charge in [-0.25, -0.2) is 0 Å². The predicted octanol–water partition coefficient (Wildman–Crippen LogP) is 2.69. The van der Waals surface area contributed by atoms with Gasteiger partial charge in [0, 0.05) is 12.6 Å². The highest BCUT2D eigenvalue weighted by Crippen LogP contribution is 2.35. The summed E-state index contributed by atoms with van der Waals surface area (Å²) in [6.07, 6.45) is 7.87. The van der Waals surface area contributed by atoms with E-state index in [9.17, 15) is 4.79 Å². The predicted molar refractivity (Wildman–Crippen MR) is 91.0 cm³/mol. The maximum atomic E-state index is 12.4. The molecule has 1 aromatic rings. The summed E-state index contributed by atoms with van der Waals surface area (Å²) in [4.78, 5) is 14.8. The SMILES string of the molecule is O=C(CN1CCC[C@@H]2CCCC[C@@H]21)NCc1ccc2c(c1)OCO2. The summed E-state index contributed by atoms with van der Waals surface area (Å²) in [5.74, 6) is 2.48. The second-order valence-electron chi connectivity index (χ2n) is 7.19. The van der Waals surface area contributed by atoms with Gasteiger partial charge in [-0.3, -0.25) is 9.69 Å². The van der Waals surface area contributed by atoms with Crippen molar-refractivity contribution in [2.24, 2.45) is 5.92 Å². The van der Waals surface area contributed by atoms with Gasteiger partial charge in [0.2, 0.25) is 12.7 Å². The van der Waals surface area contributed by atoms with Crippen molar-refractivity contribution in [2.75, 3.05) is 19.9 Å². The van der Waals surface area contributed by atoms with Gasteiger partial charge in [0.25, 0.3) is 0 Å². The van der Waals surface area contributed by atoms with Crippen molar-refractivity contribution in [1.82, 2.24) is 10.2 Å². The number of nitrogens with zero attached hydrogens (tertiary/aromatic N) is 1. The van der Waals surface area contributed by atoms with Gasteiger partial charge in [-0.15, -0.1) is 0 Å². The lowest BCUT2D eigenvalue weighted by Gasteiger charge is -2.43. The fraction of sp³-hybridized carbons (Fsp3) is 0.632. The molecule has 3 aliphatic rings. The van der Waals surface area contributed by atoms with Crippen molar-refractivity contribution < 1.29 is 14.3 Å². The molecule has 0 radical (unpaired) electrons. The first kappa shape index (κ1) is 15.8. The molecule has 1 N–H and O–H groups in total. The smallest absolute Gasteiger partial charge is 0.234 e. The van der Waals surface area contributed by atoms with Crippen LogP contribution in [0.3, 0.4) is 0 Å². The highest BCUT2D eigenvalue weighted by molar-refractivity contribution is 5.78. The molecule has 5 nitrogen and oxygen atoms in total. The average Bonchev–Trinajstić information content (AvgIpc) is 3.08. The Hall–Kier alpha value is -1.75. The number of piperidine rings is 1. The number of amides is 1. The van der Waals surface area contributed by atoms with E-state index in [-0.39, 0.29) is 12.7 Å². The lowest BCUT2D eigenvalue weighted by Crippen LogP contribution is -2.50. The van der Waals surface area contributed by atoms with Gasteiger partial charge in [0.15, 0.2) is 11.5 Å². The van der Waals surface area contributed by atoms with Gasteiger partial charge < -0.3 is 14.8 Å². The molecule has 2 atom stereocenters. The molecule has 1 amide bonds. The van der Waals surface area contributed by atoms with E-state index in [1.165, 1.54) is 38.5 Å². The summed E-state index contributed by atoms with van der Waals surface area (Å²) in [6, 6.07) is 6.46. The highest BCUT2D eigenvalue weighted by Gasteiger charge is 2.33. The summed E-state index contributed by atoms with van der Waals surface area (Å²) in [5, 5.41) is 3.06. The number of benzene rings is 1. The summed E-state index contributed by atoms with van der Waals surface area (Å²) < 4.78 is 10.7. The molecule has 1 saturated carbocycles. The monoisotopic (exact) mass is 330 g/mol. The molecule has 0 spiro atoms. The van der Waals surface area contributed by atoms with Crippen LogP contribution < -0.4 is 14.8 Å². The fourth-order valence-electron chi connectivity index (χ4n) is 4.42. The second-order valence-corrected chi connectivity index (χ2v) is 7.19. The Kier molecular flexibility index (Phi) is 4.60. The Morgan fingerprint density at radius 3 is 2.92 bits per heavy atom. The Morgan fingerprint density at radius 1 is 1.12 bits per heavy atom. The molecule has 2 aliphatic heterocycles. The van der Waals surface area contributed by atoms with Gasteiger partial charge in [0.1, 0.15) is 0 Å². The van der Waals surface area contributed by atoms with Crippen LogP contribution in [0.15, 0.2) is 18.2 Å². The third-order valence-electron chi connectivity index (χ3n) is 5.63. The molecule has 2 fully saturated rings. The lowest BCUT2D eigenvalue weighted by atomic mass is 9.78. The summed E-state index contributed by atoms with van der Waals surface area (Å²) in [7, 11) is 0. The van der Waals surface area contributed by atoms with Crippen LogP contribution in [0.4, 0.5) is 0 Å². The third kappa shape index (κ3) is 3.36. The fourth-order valence-corrected chi connectivity index (χ4v) is 4.42. The van der Waals surface area contributed by atoms with Crippen molar-refractivity contribution in [3.63, 3.8) is 0 Å². The maximum Gasteiger partial charge on any atom is 0.234 e. The zero-order valence-corrected chi connectivity index (χ0v) is 14.1. The van der Waals surface area contributed by atoms with Gasteiger partial charge in [-0.2, -0.15) is 0 Å². The van der Waals surface area contributed by atoms with Gasteiger partial charge >= 0.3 is 0 Å². The van der Waals surface area contributed by atoms with E-state index in [0.29, 0.717) is 19.1 Å². The number of hydrogen-bond donors (Lipinski definition) is 1. The normalized spacial score (nSPS) is 26.0. The molecule has 5 heteroatoms. The number of carbonyl (C=O) groups is 1. The molecule has 1 aliphatic carbocycles. The standard InChI is InChI=1S/C19H26N2O3/c22-19(12-21-9-3-5-15-4-1-2-6-16(15)21)20-11-14-7-8-17-18(10-14)24-13-23-17/h7-8,10,15-16H,1-6,9,11-13H2,(H,20,22)/t15-,16-/m0/s1. The quantitative estimate of drug-likeness (QED) is 0.922. The molecular formula is C19H26N2O3. The largest absolute Gasteiger partial charge is 0.454 e. The van der Waals surface area contributed by atoms with E-state index in [2.05, 4.69) is 10.2 Å². The van der Waals surface area contributed by atoms with Gasteiger partial charge in [-0.05, 0) is 55.8 Å². The van der Waals surface area contributed by atoms with E-state index in [1.807, 2.05) is 18.2 Å². The molecule has 130 valence electrons. The number of rotatable bonds is 4. The average molecular weight is 330 g/mol. The number of likely N-dealkylation sites (tertiary alicyclic amines) is 1. The molecule has 1 saturated heterocycles. The first-order chi connectivity index (χ1) is 11.8. The van der Waals surface area contributed by atoms with Crippen molar-refractivity contribution in [3.8, 4) is 11.5 Å². The zero-order chi connectivity index (χ0) is 16.4. The molecule has 0 bridgehead atoms. The lowest BCUT2D eigenvalue weighted by molar-refractivity contribution is -0.124. The Bertz CT molecular complexity index is 602. The molecule has 0 aromatic heterocycles. The van der Waals surface area contributed by atoms with Crippen LogP contribution in [0.5, 0.6) is 11.5 Å². The van der Waals surface area contributed by atoms with E-state index in [4.69, 9.17) is 9.47 Å². The van der Waals surface area contributed by atoms with Crippen molar-refractivity contribution in [1.29, 1.82) is 0 Å². The molecule has 2 heterocycles. The number of hydrogen-bond acceptors (Lipinski definition) is 4. The first-order valence-corrected chi connectivity index (χ1v) is 9.19.